The summed E-state index contributed by atoms with van der Waals surface area (Å²) in [6, 6.07) is 2.45. The van der Waals surface area contributed by atoms with E-state index in [1.54, 1.807) is 0 Å². The monoisotopic (exact) mass is 238 g/mol. The predicted octanol–water partition coefficient (Wildman–Crippen LogP) is 3.03. The molecule has 0 amide bonds. The molecule has 0 saturated heterocycles. The molecule has 0 bridgehead atoms. The minimum atomic E-state index is 0.749. The second kappa shape index (κ2) is 6.19. The third-order valence-corrected chi connectivity index (χ3v) is 4.73. The maximum atomic E-state index is 3.72. The molecule has 2 saturated carbocycles. The first-order valence-corrected chi connectivity index (χ1v) is 7.71. The summed E-state index contributed by atoms with van der Waals surface area (Å²) in [5.74, 6) is 0.987. The van der Waals surface area contributed by atoms with Crippen molar-refractivity contribution in [3.05, 3.63) is 0 Å². The fraction of sp³-hybridized carbons (Fsp3) is 1.00. The average Bonchev–Trinajstić information content (AvgIpc) is 3.15. The van der Waals surface area contributed by atoms with Gasteiger partial charge in [-0.1, -0.05) is 26.7 Å². The number of nitrogens with zero attached hydrogens (tertiary/aromatic N) is 1. The SMILES string of the molecule is CCCC1CCC(NCC)C(N(C)C2CC2)C1. The van der Waals surface area contributed by atoms with Gasteiger partial charge in [-0.15, -0.1) is 0 Å². The second-order valence-corrected chi connectivity index (χ2v) is 6.10. The molecule has 17 heavy (non-hydrogen) atoms. The second-order valence-electron chi connectivity index (χ2n) is 6.10. The quantitative estimate of drug-likeness (QED) is 0.765. The molecule has 2 rings (SSSR count). The van der Waals surface area contributed by atoms with Crippen LogP contribution in [0.25, 0.3) is 0 Å². The van der Waals surface area contributed by atoms with Crippen molar-refractivity contribution in [2.24, 2.45) is 5.92 Å². The van der Waals surface area contributed by atoms with E-state index in [-0.39, 0.29) is 0 Å². The van der Waals surface area contributed by atoms with E-state index < -0.39 is 0 Å². The normalized spacial score (nSPS) is 34.2. The van der Waals surface area contributed by atoms with Crippen LogP contribution in [-0.2, 0) is 0 Å². The van der Waals surface area contributed by atoms with Crippen molar-refractivity contribution in [2.75, 3.05) is 13.6 Å². The number of hydrogen-bond donors (Lipinski definition) is 1. The van der Waals surface area contributed by atoms with Crippen molar-refractivity contribution in [1.82, 2.24) is 10.2 Å². The van der Waals surface area contributed by atoms with Gasteiger partial charge in [0.15, 0.2) is 0 Å². The highest BCUT2D eigenvalue weighted by atomic mass is 15.2. The highest BCUT2D eigenvalue weighted by Crippen LogP contribution is 2.35. The van der Waals surface area contributed by atoms with Gasteiger partial charge in [0.05, 0.1) is 0 Å². The summed E-state index contributed by atoms with van der Waals surface area (Å²) in [4.78, 5) is 2.69. The maximum absolute atomic E-state index is 3.72. The fourth-order valence-electron chi connectivity index (χ4n) is 3.60. The van der Waals surface area contributed by atoms with Crippen molar-refractivity contribution < 1.29 is 0 Å². The smallest absolute Gasteiger partial charge is 0.0251 e. The summed E-state index contributed by atoms with van der Waals surface area (Å²) >= 11 is 0. The Kier molecular flexibility index (Phi) is 4.87. The number of nitrogens with one attached hydrogen (secondary N) is 1. The van der Waals surface area contributed by atoms with E-state index in [0.29, 0.717) is 0 Å². The number of likely N-dealkylation sites (N-methyl/N-ethyl adjacent to an activating group) is 2. The van der Waals surface area contributed by atoms with Crippen LogP contribution in [0.15, 0.2) is 0 Å². The lowest BCUT2D eigenvalue weighted by Crippen LogP contribution is -2.52. The Bertz CT molecular complexity index is 225. The van der Waals surface area contributed by atoms with Crippen molar-refractivity contribution >= 4 is 0 Å². The molecule has 0 aromatic heterocycles. The summed E-state index contributed by atoms with van der Waals surface area (Å²) in [6.45, 7) is 5.69. The molecule has 2 aliphatic rings. The van der Waals surface area contributed by atoms with Crippen LogP contribution in [0, 0.1) is 5.92 Å². The van der Waals surface area contributed by atoms with Crippen molar-refractivity contribution in [3.63, 3.8) is 0 Å². The average molecular weight is 238 g/mol. The molecule has 3 unspecified atom stereocenters. The van der Waals surface area contributed by atoms with Crippen LogP contribution in [-0.4, -0.2) is 36.6 Å². The van der Waals surface area contributed by atoms with E-state index >= 15 is 0 Å². The summed E-state index contributed by atoms with van der Waals surface area (Å²) in [6.07, 6.45) is 9.93. The highest BCUT2D eigenvalue weighted by Gasteiger charge is 2.38. The summed E-state index contributed by atoms with van der Waals surface area (Å²) in [5.41, 5.74) is 0. The van der Waals surface area contributed by atoms with Gasteiger partial charge in [0, 0.05) is 18.1 Å². The predicted molar refractivity (Wildman–Crippen MR) is 74.3 cm³/mol. The van der Waals surface area contributed by atoms with E-state index in [9.17, 15) is 0 Å². The molecule has 0 radical (unpaired) electrons. The Morgan fingerprint density at radius 3 is 2.47 bits per heavy atom. The molecule has 1 N–H and O–H groups in total. The maximum Gasteiger partial charge on any atom is 0.0251 e. The Labute approximate surface area is 107 Å². The molecule has 2 heteroatoms. The van der Waals surface area contributed by atoms with Gasteiger partial charge in [-0.3, -0.25) is 4.90 Å². The zero-order valence-electron chi connectivity index (χ0n) is 11.9. The molecule has 0 spiro atoms. The minimum Gasteiger partial charge on any atom is -0.313 e. The van der Waals surface area contributed by atoms with Crippen LogP contribution in [0.2, 0.25) is 0 Å². The summed E-state index contributed by atoms with van der Waals surface area (Å²) in [7, 11) is 2.36. The molecule has 2 aliphatic carbocycles. The first-order chi connectivity index (χ1) is 8.26. The van der Waals surface area contributed by atoms with E-state index in [1.807, 2.05) is 0 Å². The lowest BCUT2D eigenvalue weighted by molar-refractivity contribution is 0.111. The molecule has 100 valence electrons. The molecular weight excluding hydrogens is 208 g/mol. The van der Waals surface area contributed by atoms with E-state index in [0.717, 1.165) is 30.6 Å². The first kappa shape index (κ1) is 13.4. The van der Waals surface area contributed by atoms with Crippen LogP contribution in [0.4, 0.5) is 0 Å². The molecule has 0 aromatic rings. The molecule has 2 nitrogen and oxygen atoms in total. The van der Waals surface area contributed by atoms with E-state index in [2.05, 4.69) is 31.1 Å². The molecule has 0 aromatic carbocycles. The lowest BCUT2D eigenvalue weighted by atomic mass is 9.79. The largest absolute Gasteiger partial charge is 0.313 e. The Morgan fingerprint density at radius 2 is 1.88 bits per heavy atom. The van der Waals surface area contributed by atoms with Crippen LogP contribution < -0.4 is 5.32 Å². The highest BCUT2D eigenvalue weighted by molar-refractivity contribution is 4.95. The third kappa shape index (κ3) is 3.45. The Morgan fingerprint density at radius 1 is 1.12 bits per heavy atom. The van der Waals surface area contributed by atoms with Gasteiger partial charge < -0.3 is 5.32 Å². The van der Waals surface area contributed by atoms with Crippen LogP contribution >= 0.6 is 0 Å². The molecule has 0 heterocycles. The van der Waals surface area contributed by atoms with E-state index in [1.165, 1.54) is 44.9 Å². The van der Waals surface area contributed by atoms with Crippen LogP contribution in [0.5, 0.6) is 0 Å². The van der Waals surface area contributed by atoms with Gasteiger partial charge in [-0.05, 0) is 51.6 Å². The topological polar surface area (TPSA) is 15.3 Å². The Hall–Kier alpha value is -0.0800. The summed E-state index contributed by atoms with van der Waals surface area (Å²) in [5, 5.41) is 3.72. The van der Waals surface area contributed by atoms with Crippen molar-refractivity contribution in [2.45, 2.75) is 76.9 Å². The van der Waals surface area contributed by atoms with Gasteiger partial charge in [-0.25, -0.2) is 0 Å². The van der Waals surface area contributed by atoms with Crippen LogP contribution in [0.3, 0.4) is 0 Å². The van der Waals surface area contributed by atoms with Crippen molar-refractivity contribution in [3.8, 4) is 0 Å². The molecule has 0 aliphatic heterocycles. The van der Waals surface area contributed by atoms with Crippen LogP contribution in [0.1, 0.15) is 58.8 Å². The van der Waals surface area contributed by atoms with Crippen molar-refractivity contribution in [1.29, 1.82) is 0 Å². The number of hydrogen-bond acceptors (Lipinski definition) is 2. The fourth-order valence-corrected chi connectivity index (χ4v) is 3.60. The zero-order chi connectivity index (χ0) is 12.3. The molecule has 2 fully saturated rings. The summed E-state index contributed by atoms with van der Waals surface area (Å²) < 4.78 is 0. The molecule has 3 atom stereocenters. The minimum absolute atomic E-state index is 0.749. The first-order valence-electron chi connectivity index (χ1n) is 7.71. The van der Waals surface area contributed by atoms with E-state index in [4.69, 9.17) is 0 Å². The lowest BCUT2D eigenvalue weighted by Gasteiger charge is -2.42. The van der Waals surface area contributed by atoms with Gasteiger partial charge in [0.1, 0.15) is 0 Å². The standard InChI is InChI=1S/C15H30N2/c1-4-6-12-7-10-14(16-5-2)15(11-12)17(3)13-8-9-13/h12-16H,4-11H2,1-3H3. The molecular formula is C15H30N2. The van der Waals surface area contributed by atoms with Gasteiger partial charge >= 0.3 is 0 Å². The Balaban J connectivity index is 1.93. The van der Waals surface area contributed by atoms with Gasteiger partial charge in [0.2, 0.25) is 0 Å². The zero-order valence-corrected chi connectivity index (χ0v) is 11.9. The third-order valence-electron chi connectivity index (χ3n) is 4.73. The van der Waals surface area contributed by atoms with Gasteiger partial charge in [0.25, 0.3) is 0 Å². The van der Waals surface area contributed by atoms with Gasteiger partial charge in [-0.2, -0.15) is 0 Å². The number of rotatable bonds is 6.